The van der Waals surface area contributed by atoms with E-state index in [0.717, 1.165) is 9.88 Å². The molecule has 0 atom stereocenters. The number of esters is 1. The van der Waals surface area contributed by atoms with Crippen molar-refractivity contribution in [3.05, 3.63) is 16.5 Å². The summed E-state index contributed by atoms with van der Waals surface area (Å²) >= 11 is 1.49. The SMILES string of the molecule is COC(=O)c1cc(C)sc1N(CCC(=O)O)CC(C)C. The van der Waals surface area contributed by atoms with Crippen molar-refractivity contribution in [2.45, 2.75) is 27.2 Å². The van der Waals surface area contributed by atoms with E-state index in [1.54, 1.807) is 6.07 Å². The molecule has 0 aliphatic heterocycles. The zero-order valence-corrected chi connectivity index (χ0v) is 13.1. The number of rotatable bonds is 7. The Kier molecular flexibility index (Phi) is 6.01. The summed E-state index contributed by atoms with van der Waals surface area (Å²) in [7, 11) is 1.35. The van der Waals surface area contributed by atoms with Gasteiger partial charge in [-0.05, 0) is 18.9 Å². The highest BCUT2D eigenvalue weighted by atomic mass is 32.1. The lowest BCUT2D eigenvalue weighted by molar-refractivity contribution is -0.136. The fraction of sp³-hybridized carbons (Fsp3) is 0.571. The van der Waals surface area contributed by atoms with E-state index in [1.165, 1.54) is 18.4 Å². The van der Waals surface area contributed by atoms with Gasteiger partial charge in [-0.1, -0.05) is 13.8 Å². The molecule has 1 aromatic heterocycles. The first-order valence-corrected chi connectivity index (χ1v) is 7.32. The number of carboxylic acid groups (broad SMARTS) is 1. The maximum absolute atomic E-state index is 11.8. The summed E-state index contributed by atoms with van der Waals surface area (Å²) in [6, 6.07) is 1.79. The molecular formula is C14H21NO4S. The molecule has 1 aromatic rings. The lowest BCUT2D eigenvalue weighted by Crippen LogP contribution is -2.30. The number of ether oxygens (including phenoxy) is 1. The molecule has 112 valence electrons. The van der Waals surface area contributed by atoms with Crippen molar-refractivity contribution in [3.8, 4) is 0 Å². The van der Waals surface area contributed by atoms with Gasteiger partial charge >= 0.3 is 11.9 Å². The van der Waals surface area contributed by atoms with E-state index in [1.807, 2.05) is 11.8 Å². The lowest BCUT2D eigenvalue weighted by Gasteiger charge is -2.25. The van der Waals surface area contributed by atoms with Gasteiger partial charge in [-0.15, -0.1) is 11.3 Å². The Morgan fingerprint density at radius 2 is 2.10 bits per heavy atom. The summed E-state index contributed by atoms with van der Waals surface area (Å²) < 4.78 is 4.80. The monoisotopic (exact) mass is 299 g/mol. The number of carboxylic acids is 1. The van der Waals surface area contributed by atoms with E-state index in [9.17, 15) is 9.59 Å². The van der Waals surface area contributed by atoms with Crippen LogP contribution < -0.4 is 4.90 Å². The van der Waals surface area contributed by atoms with Crippen molar-refractivity contribution in [3.63, 3.8) is 0 Å². The first-order valence-electron chi connectivity index (χ1n) is 6.50. The van der Waals surface area contributed by atoms with E-state index in [-0.39, 0.29) is 12.4 Å². The van der Waals surface area contributed by atoms with Crippen LogP contribution >= 0.6 is 11.3 Å². The van der Waals surface area contributed by atoms with Crippen LogP contribution in [0.25, 0.3) is 0 Å². The molecule has 0 saturated carbocycles. The van der Waals surface area contributed by atoms with Crippen LogP contribution in [0.1, 0.15) is 35.5 Å². The minimum Gasteiger partial charge on any atom is -0.481 e. The third-order valence-corrected chi connectivity index (χ3v) is 3.82. The summed E-state index contributed by atoms with van der Waals surface area (Å²) in [6.07, 6.45) is 0.0459. The van der Waals surface area contributed by atoms with Crippen LogP contribution in [0.5, 0.6) is 0 Å². The summed E-state index contributed by atoms with van der Waals surface area (Å²) in [5, 5.41) is 9.65. The first kappa shape index (κ1) is 16.5. The second kappa shape index (κ2) is 7.28. The lowest BCUT2D eigenvalue weighted by atomic mass is 10.2. The van der Waals surface area contributed by atoms with Crippen LogP contribution in [0.15, 0.2) is 6.07 Å². The Balaban J connectivity index is 3.05. The zero-order chi connectivity index (χ0) is 15.3. The van der Waals surface area contributed by atoms with E-state index in [2.05, 4.69) is 13.8 Å². The molecule has 20 heavy (non-hydrogen) atoms. The number of hydrogen-bond donors (Lipinski definition) is 1. The van der Waals surface area contributed by atoms with Gasteiger partial charge in [-0.3, -0.25) is 4.79 Å². The quantitative estimate of drug-likeness (QED) is 0.784. The standard InChI is InChI=1S/C14H21NO4S/c1-9(2)8-15(6-5-12(16)17)13-11(14(18)19-4)7-10(3)20-13/h7,9H,5-6,8H2,1-4H3,(H,16,17). The molecule has 0 amide bonds. The van der Waals surface area contributed by atoms with Gasteiger partial charge in [0.2, 0.25) is 0 Å². The van der Waals surface area contributed by atoms with Crippen LogP contribution in [-0.2, 0) is 9.53 Å². The molecule has 0 aromatic carbocycles. The summed E-state index contributed by atoms with van der Waals surface area (Å²) in [6.45, 7) is 7.14. The molecule has 0 radical (unpaired) electrons. The molecule has 0 spiro atoms. The Hall–Kier alpha value is -1.56. The predicted molar refractivity (Wildman–Crippen MR) is 79.7 cm³/mol. The van der Waals surface area contributed by atoms with Gasteiger partial charge in [-0.25, -0.2) is 4.79 Å². The summed E-state index contributed by atoms with van der Waals surface area (Å²) in [4.78, 5) is 25.6. The smallest absolute Gasteiger partial charge is 0.340 e. The van der Waals surface area contributed by atoms with E-state index in [0.29, 0.717) is 24.6 Å². The average Bonchev–Trinajstić information content (AvgIpc) is 2.75. The van der Waals surface area contributed by atoms with Crippen LogP contribution in [0.2, 0.25) is 0 Å². The summed E-state index contributed by atoms with van der Waals surface area (Å²) in [5.41, 5.74) is 0.515. The Bertz CT molecular complexity index is 482. The van der Waals surface area contributed by atoms with Gasteiger partial charge in [0.1, 0.15) is 5.00 Å². The number of hydrogen-bond acceptors (Lipinski definition) is 5. The highest BCUT2D eigenvalue weighted by molar-refractivity contribution is 7.16. The second-order valence-corrected chi connectivity index (χ2v) is 6.29. The van der Waals surface area contributed by atoms with Crippen molar-refractivity contribution in [1.29, 1.82) is 0 Å². The van der Waals surface area contributed by atoms with Crippen molar-refractivity contribution in [2.24, 2.45) is 5.92 Å². The molecule has 0 aliphatic carbocycles. The number of thiophene rings is 1. The van der Waals surface area contributed by atoms with Crippen LogP contribution in [0.3, 0.4) is 0 Å². The van der Waals surface area contributed by atoms with Gasteiger partial charge < -0.3 is 14.7 Å². The van der Waals surface area contributed by atoms with Gasteiger partial charge in [0.05, 0.1) is 19.1 Å². The van der Waals surface area contributed by atoms with Crippen LogP contribution in [-0.4, -0.2) is 37.2 Å². The topological polar surface area (TPSA) is 66.8 Å². The number of carbonyl (C=O) groups is 2. The minimum absolute atomic E-state index is 0.0459. The normalized spacial score (nSPS) is 10.7. The number of aliphatic carboxylic acids is 1. The second-order valence-electron chi connectivity index (χ2n) is 5.05. The fourth-order valence-electron chi connectivity index (χ4n) is 1.94. The first-order chi connectivity index (χ1) is 9.35. The van der Waals surface area contributed by atoms with Crippen LogP contribution in [0.4, 0.5) is 5.00 Å². The average molecular weight is 299 g/mol. The molecule has 0 unspecified atom stereocenters. The molecule has 0 saturated heterocycles. The molecule has 6 heteroatoms. The molecule has 1 heterocycles. The maximum Gasteiger partial charge on any atom is 0.340 e. The van der Waals surface area contributed by atoms with Gasteiger partial charge in [0.15, 0.2) is 0 Å². The highest BCUT2D eigenvalue weighted by Gasteiger charge is 2.21. The van der Waals surface area contributed by atoms with E-state index >= 15 is 0 Å². The molecular weight excluding hydrogens is 278 g/mol. The molecule has 0 aliphatic rings. The zero-order valence-electron chi connectivity index (χ0n) is 12.3. The molecule has 1 N–H and O–H groups in total. The Morgan fingerprint density at radius 3 is 2.60 bits per heavy atom. The van der Waals surface area contributed by atoms with Crippen molar-refractivity contribution < 1.29 is 19.4 Å². The molecule has 0 bridgehead atoms. The third kappa shape index (κ3) is 4.52. The molecule has 5 nitrogen and oxygen atoms in total. The predicted octanol–water partition coefficient (Wildman–Crippen LogP) is 2.78. The van der Waals surface area contributed by atoms with Crippen molar-refractivity contribution in [1.82, 2.24) is 0 Å². The number of aryl methyl sites for hydroxylation is 1. The van der Waals surface area contributed by atoms with Gasteiger partial charge in [0.25, 0.3) is 0 Å². The maximum atomic E-state index is 11.8. The Morgan fingerprint density at radius 1 is 1.45 bits per heavy atom. The fourth-order valence-corrected chi connectivity index (χ4v) is 2.97. The highest BCUT2D eigenvalue weighted by Crippen LogP contribution is 2.32. The van der Waals surface area contributed by atoms with E-state index in [4.69, 9.17) is 9.84 Å². The van der Waals surface area contributed by atoms with Gasteiger partial charge in [0, 0.05) is 18.0 Å². The Labute approximate surface area is 123 Å². The number of carbonyl (C=O) groups excluding carboxylic acids is 1. The minimum atomic E-state index is -0.841. The molecule has 0 fully saturated rings. The number of methoxy groups -OCH3 is 1. The largest absolute Gasteiger partial charge is 0.481 e. The summed E-state index contributed by atoms with van der Waals surface area (Å²) in [5.74, 6) is -0.850. The van der Waals surface area contributed by atoms with Crippen molar-refractivity contribution >= 4 is 28.3 Å². The van der Waals surface area contributed by atoms with Gasteiger partial charge in [-0.2, -0.15) is 0 Å². The van der Waals surface area contributed by atoms with Crippen LogP contribution in [0, 0.1) is 12.8 Å². The number of nitrogens with zero attached hydrogens (tertiary/aromatic N) is 1. The van der Waals surface area contributed by atoms with E-state index < -0.39 is 5.97 Å². The molecule has 1 rings (SSSR count). The third-order valence-electron chi connectivity index (χ3n) is 2.71. The number of anilines is 1. The van der Waals surface area contributed by atoms with Crippen molar-refractivity contribution in [2.75, 3.05) is 25.1 Å².